The number of anilines is 1. The molecule has 2 aromatic heterocycles. The number of carbonyl (C=O) groups is 2. The molecule has 35 heavy (non-hydrogen) atoms. The van der Waals surface area contributed by atoms with Gasteiger partial charge in [0.15, 0.2) is 6.04 Å². The number of nitrogens with one attached hydrogen (secondary N) is 2. The van der Waals surface area contributed by atoms with E-state index in [9.17, 15) is 9.59 Å². The number of carbonyl (C=O) groups excluding carboxylic acids is 2. The normalized spacial score (nSPS) is 15.1. The van der Waals surface area contributed by atoms with Crippen LogP contribution in [-0.2, 0) is 16.0 Å². The van der Waals surface area contributed by atoms with E-state index >= 15 is 0 Å². The van der Waals surface area contributed by atoms with Gasteiger partial charge in [-0.1, -0.05) is 55.2 Å². The Bertz CT molecular complexity index is 1280. The number of furan rings is 1. The number of aromatic nitrogens is 1. The molecule has 2 amide bonds. The van der Waals surface area contributed by atoms with Crippen molar-refractivity contribution < 1.29 is 14.0 Å². The molecule has 1 saturated carbocycles. The quantitative estimate of drug-likeness (QED) is 0.357. The van der Waals surface area contributed by atoms with Crippen molar-refractivity contribution in [3.63, 3.8) is 0 Å². The maximum absolute atomic E-state index is 14.0. The van der Waals surface area contributed by atoms with Crippen molar-refractivity contribution in [2.45, 2.75) is 57.5 Å². The second-order valence-electron chi connectivity index (χ2n) is 9.40. The van der Waals surface area contributed by atoms with Crippen LogP contribution in [0.25, 0.3) is 10.9 Å². The van der Waals surface area contributed by atoms with Crippen molar-refractivity contribution in [2.24, 2.45) is 0 Å². The molecule has 1 aliphatic rings. The summed E-state index contributed by atoms with van der Waals surface area (Å²) in [4.78, 5) is 32.5. The number of aromatic amines is 1. The van der Waals surface area contributed by atoms with Gasteiger partial charge in [0.2, 0.25) is 5.91 Å². The van der Waals surface area contributed by atoms with E-state index in [-0.39, 0.29) is 24.3 Å². The first-order valence-corrected chi connectivity index (χ1v) is 12.4. The molecule has 2 aromatic carbocycles. The maximum atomic E-state index is 14.0. The van der Waals surface area contributed by atoms with E-state index in [1.165, 1.54) is 6.42 Å². The summed E-state index contributed by atoms with van der Waals surface area (Å²) in [5.41, 5.74) is 3.63. The molecule has 6 heteroatoms. The Morgan fingerprint density at radius 1 is 1.03 bits per heavy atom. The van der Waals surface area contributed by atoms with Gasteiger partial charge in [-0.05, 0) is 55.7 Å². The Balaban J connectivity index is 1.52. The Morgan fingerprint density at radius 3 is 2.54 bits per heavy atom. The first-order valence-electron chi connectivity index (χ1n) is 12.4. The highest BCUT2D eigenvalue weighted by atomic mass is 16.3. The van der Waals surface area contributed by atoms with Gasteiger partial charge in [0.05, 0.1) is 12.7 Å². The molecule has 4 aromatic rings. The van der Waals surface area contributed by atoms with E-state index in [0.29, 0.717) is 11.4 Å². The largest absolute Gasteiger partial charge is 0.467 e. The van der Waals surface area contributed by atoms with Crippen molar-refractivity contribution in [3.8, 4) is 0 Å². The average Bonchev–Trinajstić information content (AvgIpc) is 3.54. The zero-order chi connectivity index (χ0) is 24.2. The number of aryl methyl sites for hydroxylation is 1. The first-order chi connectivity index (χ1) is 17.1. The monoisotopic (exact) mass is 469 g/mol. The van der Waals surface area contributed by atoms with Crippen LogP contribution < -0.4 is 10.2 Å². The molecular weight excluding hydrogens is 438 g/mol. The average molecular weight is 470 g/mol. The van der Waals surface area contributed by atoms with Crippen molar-refractivity contribution in [1.29, 1.82) is 0 Å². The predicted octanol–water partition coefficient (Wildman–Crippen LogP) is 5.84. The molecule has 0 spiro atoms. The summed E-state index contributed by atoms with van der Waals surface area (Å²) < 4.78 is 5.73. The smallest absolute Gasteiger partial charge is 0.251 e. The van der Waals surface area contributed by atoms with Crippen molar-refractivity contribution in [1.82, 2.24) is 10.3 Å². The van der Waals surface area contributed by atoms with Gasteiger partial charge in [0.25, 0.3) is 5.91 Å². The van der Waals surface area contributed by atoms with Crippen LogP contribution in [0, 0.1) is 6.92 Å². The minimum Gasteiger partial charge on any atom is -0.467 e. The van der Waals surface area contributed by atoms with Gasteiger partial charge in [0, 0.05) is 28.8 Å². The van der Waals surface area contributed by atoms with Crippen molar-refractivity contribution >= 4 is 28.4 Å². The minimum atomic E-state index is -0.896. The van der Waals surface area contributed by atoms with E-state index < -0.39 is 6.04 Å². The third-order valence-electron chi connectivity index (χ3n) is 6.87. The molecule has 180 valence electrons. The van der Waals surface area contributed by atoms with Crippen LogP contribution in [0.1, 0.15) is 55.0 Å². The lowest BCUT2D eigenvalue weighted by atomic mass is 9.95. The predicted molar refractivity (Wildman–Crippen MR) is 137 cm³/mol. The van der Waals surface area contributed by atoms with Crippen LogP contribution in [0.2, 0.25) is 0 Å². The number of amides is 2. The fraction of sp³-hybridized carbons (Fsp3) is 0.310. The summed E-state index contributed by atoms with van der Waals surface area (Å²) in [5, 5.41) is 4.22. The molecule has 6 nitrogen and oxygen atoms in total. The van der Waals surface area contributed by atoms with Gasteiger partial charge < -0.3 is 14.7 Å². The lowest BCUT2D eigenvalue weighted by molar-refractivity contribution is -0.127. The van der Waals surface area contributed by atoms with E-state index in [1.807, 2.05) is 61.7 Å². The molecule has 1 aliphatic carbocycles. The van der Waals surface area contributed by atoms with Crippen LogP contribution >= 0.6 is 0 Å². The molecule has 1 fully saturated rings. The van der Waals surface area contributed by atoms with Gasteiger partial charge in [-0.2, -0.15) is 0 Å². The molecule has 2 N–H and O–H groups in total. The second-order valence-corrected chi connectivity index (χ2v) is 9.40. The number of para-hydroxylation sites is 1. The number of H-pyrrole nitrogens is 1. The summed E-state index contributed by atoms with van der Waals surface area (Å²) in [7, 11) is 0. The molecule has 0 aliphatic heterocycles. The topological polar surface area (TPSA) is 78.3 Å². The fourth-order valence-corrected chi connectivity index (χ4v) is 5.02. The number of rotatable bonds is 7. The Morgan fingerprint density at radius 2 is 1.80 bits per heavy atom. The molecule has 0 radical (unpaired) electrons. The lowest BCUT2D eigenvalue weighted by Gasteiger charge is -2.32. The first kappa shape index (κ1) is 23.0. The van der Waals surface area contributed by atoms with E-state index in [0.717, 1.165) is 47.7 Å². The van der Waals surface area contributed by atoms with Crippen LogP contribution in [0.4, 0.5) is 5.69 Å². The van der Waals surface area contributed by atoms with Crippen molar-refractivity contribution in [3.05, 3.63) is 90.0 Å². The number of benzene rings is 2. The fourth-order valence-electron chi connectivity index (χ4n) is 5.02. The van der Waals surface area contributed by atoms with Crippen LogP contribution in [0.3, 0.4) is 0 Å². The van der Waals surface area contributed by atoms with Crippen LogP contribution in [-0.4, -0.2) is 22.8 Å². The number of fused-ring (bicyclic) bond motifs is 1. The lowest BCUT2D eigenvalue weighted by Crippen LogP contribution is -2.47. The number of hydrogen-bond acceptors (Lipinski definition) is 3. The summed E-state index contributed by atoms with van der Waals surface area (Å²) in [6.07, 6.45) is 8.93. The molecule has 0 bridgehead atoms. The Kier molecular flexibility index (Phi) is 6.70. The third-order valence-corrected chi connectivity index (χ3v) is 6.87. The summed E-state index contributed by atoms with van der Waals surface area (Å²) in [5.74, 6) is 0.0738. The van der Waals surface area contributed by atoms with Crippen molar-refractivity contribution in [2.75, 3.05) is 4.90 Å². The number of nitrogens with zero attached hydrogens (tertiary/aromatic N) is 1. The Labute approximate surface area is 205 Å². The molecule has 2 heterocycles. The van der Waals surface area contributed by atoms with Crippen LogP contribution in [0.5, 0.6) is 0 Å². The zero-order valence-corrected chi connectivity index (χ0v) is 20.0. The standard InChI is InChI=1S/C29H31N3O3/c1-20-13-15-23(16-14-20)32(27(33)18-21-19-30-25-11-6-5-10-24(21)25)28(26-12-7-17-35-26)29(34)31-22-8-3-2-4-9-22/h5-7,10-17,19,22,28,30H,2-4,8-9,18H2,1H3,(H,31,34)/t28-/m0/s1. The van der Waals surface area contributed by atoms with E-state index in [2.05, 4.69) is 10.3 Å². The molecule has 1 atom stereocenters. The van der Waals surface area contributed by atoms with Gasteiger partial charge >= 0.3 is 0 Å². The second kappa shape index (κ2) is 10.2. The SMILES string of the molecule is Cc1ccc(N(C(=O)Cc2c[nH]c3ccccc23)[C@H](C(=O)NC2CCCCC2)c2ccco2)cc1. The van der Waals surface area contributed by atoms with E-state index in [4.69, 9.17) is 4.42 Å². The Hall–Kier alpha value is -3.80. The maximum Gasteiger partial charge on any atom is 0.251 e. The van der Waals surface area contributed by atoms with Gasteiger partial charge in [0.1, 0.15) is 5.76 Å². The third kappa shape index (κ3) is 5.02. The summed E-state index contributed by atoms with van der Waals surface area (Å²) >= 11 is 0. The highest BCUT2D eigenvalue weighted by Crippen LogP contribution is 2.31. The van der Waals surface area contributed by atoms with Gasteiger partial charge in [-0.15, -0.1) is 0 Å². The molecule has 0 saturated heterocycles. The van der Waals surface area contributed by atoms with Gasteiger partial charge in [-0.3, -0.25) is 14.5 Å². The summed E-state index contributed by atoms with van der Waals surface area (Å²) in [6.45, 7) is 2.00. The van der Waals surface area contributed by atoms with E-state index in [1.54, 1.807) is 23.3 Å². The minimum absolute atomic E-state index is 0.122. The molecular formula is C29H31N3O3. The zero-order valence-electron chi connectivity index (χ0n) is 20.0. The van der Waals surface area contributed by atoms with Gasteiger partial charge in [-0.25, -0.2) is 0 Å². The highest BCUT2D eigenvalue weighted by Gasteiger charge is 2.36. The highest BCUT2D eigenvalue weighted by molar-refractivity contribution is 6.03. The number of hydrogen-bond donors (Lipinski definition) is 2. The summed E-state index contributed by atoms with van der Waals surface area (Å²) in [6, 6.07) is 18.4. The molecule has 0 unspecified atom stereocenters. The molecule has 5 rings (SSSR count). The van der Waals surface area contributed by atoms with Crippen LogP contribution in [0.15, 0.2) is 77.5 Å².